The SMILES string of the molecule is CC(C)[C@@](C)(C#N)NC(=O)[C@@H](C)OC(=O)c1cc(-c2ccc(Br)cc2)n[nH]1. The zero-order valence-corrected chi connectivity index (χ0v) is 17.1. The minimum Gasteiger partial charge on any atom is -0.448 e. The molecule has 0 aliphatic rings. The molecule has 2 rings (SSSR count). The van der Waals surface area contributed by atoms with Gasteiger partial charge >= 0.3 is 5.97 Å². The molecule has 0 unspecified atom stereocenters. The van der Waals surface area contributed by atoms with Gasteiger partial charge in [0.25, 0.3) is 5.91 Å². The lowest BCUT2D eigenvalue weighted by atomic mass is 9.90. The van der Waals surface area contributed by atoms with Crippen LogP contribution in [0, 0.1) is 17.2 Å². The topological polar surface area (TPSA) is 108 Å². The van der Waals surface area contributed by atoms with E-state index in [1.807, 2.05) is 38.1 Å². The number of benzene rings is 1. The quantitative estimate of drug-likeness (QED) is 0.679. The number of rotatable bonds is 6. The smallest absolute Gasteiger partial charge is 0.357 e. The van der Waals surface area contributed by atoms with Gasteiger partial charge in [-0.1, -0.05) is 41.9 Å². The molecule has 7 nitrogen and oxygen atoms in total. The minimum atomic E-state index is -1.05. The molecule has 1 aromatic heterocycles. The zero-order chi connectivity index (χ0) is 20.2. The Balaban J connectivity index is 2.03. The second-order valence-electron chi connectivity index (χ2n) is 6.68. The van der Waals surface area contributed by atoms with Crippen molar-refractivity contribution in [1.29, 1.82) is 5.26 Å². The molecule has 27 heavy (non-hydrogen) atoms. The Morgan fingerprint density at radius 3 is 2.48 bits per heavy atom. The summed E-state index contributed by atoms with van der Waals surface area (Å²) in [6, 6.07) is 11.1. The van der Waals surface area contributed by atoms with Crippen molar-refractivity contribution in [3.63, 3.8) is 0 Å². The standard InChI is InChI=1S/C19H21BrN4O3/c1-11(2)19(4,10-21)22-17(25)12(3)27-18(26)16-9-15(23-24-16)13-5-7-14(20)8-6-13/h5-9,11-12H,1-4H3,(H,22,25)(H,23,24)/t12-,19-/m1/s1. The maximum atomic E-state index is 12.3. The van der Waals surface area contributed by atoms with E-state index in [1.165, 1.54) is 6.92 Å². The van der Waals surface area contributed by atoms with E-state index in [-0.39, 0.29) is 11.6 Å². The highest BCUT2D eigenvalue weighted by Crippen LogP contribution is 2.21. The van der Waals surface area contributed by atoms with Crippen molar-refractivity contribution in [2.45, 2.75) is 39.3 Å². The number of hydrogen-bond donors (Lipinski definition) is 2. The van der Waals surface area contributed by atoms with Crippen molar-refractivity contribution >= 4 is 27.8 Å². The number of nitriles is 1. The molecule has 0 aliphatic heterocycles. The summed E-state index contributed by atoms with van der Waals surface area (Å²) in [7, 11) is 0. The monoisotopic (exact) mass is 432 g/mol. The van der Waals surface area contributed by atoms with Crippen molar-refractivity contribution in [2.24, 2.45) is 5.92 Å². The van der Waals surface area contributed by atoms with E-state index in [4.69, 9.17) is 4.74 Å². The molecular formula is C19H21BrN4O3. The molecule has 142 valence electrons. The van der Waals surface area contributed by atoms with Gasteiger partial charge in [-0.3, -0.25) is 9.89 Å². The summed E-state index contributed by atoms with van der Waals surface area (Å²) in [6.45, 7) is 6.74. The van der Waals surface area contributed by atoms with E-state index in [9.17, 15) is 14.9 Å². The van der Waals surface area contributed by atoms with Crippen LogP contribution < -0.4 is 5.32 Å². The van der Waals surface area contributed by atoms with Crippen molar-refractivity contribution in [1.82, 2.24) is 15.5 Å². The van der Waals surface area contributed by atoms with Crippen LogP contribution in [0.4, 0.5) is 0 Å². The molecule has 0 radical (unpaired) electrons. The van der Waals surface area contributed by atoms with Crippen LogP contribution in [0.3, 0.4) is 0 Å². The fraction of sp³-hybridized carbons (Fsp3) is 0.368. The summed E-state index contributed by atoms with van der Waals surface area (Å²) in [4.78, 5) is 24.6. The van der Waals surface area contributed by atoms with Crippen LogP contribution in [0.25, 0.3) is 11.3 Å². The first-order valence-corrected chi connectivity index (χ1v) is 9.21. The van der Waals surface area contributed by atoms with Crippen LogP contribution in [0.5, 0.6) is 0 Å². The highest BCUT2D eigenvalue weighted by Gasteiger charge is 2.32. The maximum Gasteiger partial charge on any atom is 0.357 e. The summed E-state index contributed by atoms with van der Waals surface area (Å²) < 4.78 is 6.13. The van der Waals surface area contributed by atoms with Crippen LogP contribution >= 0.6 is 15.9 Å². The molecule has 0 saturated heterocycles. The number of H-pyrrole nitrogens is 1. The van der Waals surface area contributed by atoms with Gasteiger partial charge in [0, 0.05) is 10.0 Å². The Morgan fingerprint density at radius 2 is 1.93 bits per heavy atom. The van der Waals surface area contributed by atoms with Gasteiger partial charge in [0.15, 0.2) is 6.10 Å². The molecule has 1 heterocycles. The first-order chi connectivity index (χ1) is 12.7. The van der Waals surface area contributed by atoms with Crippen LogP contribution in [-0.4, -0.2) is 33.7 Å². The fourth-order valence-electron chi connectivity index (χ4n) is 2.13. The molecule has 1 aromatic carbocycles. The molecular weight excluding hydrogens is 412 g/mol. The average molecular weight is 433 g/mol. The van der Waals surface area contributed by atoms with E-state index >= 15 is 0 Å². The highest BCUT2D eigenvalue weighted by molar-refractivity contribution is 9.10. The Morgan fingerprint density at radius 1 is 1.30 bits per heavy atom. The Hall–Kier alpha value is -2.66. The van der Waals surface area contributed by atoms with E-state index in [2.05, 4.69) is 37.5 Å². The van der Waals surface area contributed by atoms with Crippen LogP contribution in [0.1, 0.15) is 38.2 Å². The van der Waals surface area contributed by atoms with E-state index in [0.29, 0.717) is 5.69 Å². The first-order valence-electron chi connectivity index (χ1n) is 8.42. The average Bonchev–Trinajstić information content (AvgIpc) is 3.12. The van der Waals surface area contributed by atoms with Gasteiger partial charge in [0.2, 0.25) is 0 Å². The fourth-order valence-corrected chi connectivity index (χ4v) is 2.40. The molecule has 2 N–H and O–H groups in total. The Labute approximate surface area is 166 Å². The van der Waals surface area contributed by atoms with Crippen LogP contribution in [0.2, 0.25) is 0 Å². The van der Waals surface area contributed by atoms with Gasteiger partial charge in [-0.25, -0.2) is 4.79 Å². The highest BCUT2D eigenvalue weighted by atomic mass is 79.9. The second kappa shape index (κ2) is 8.35. The maximum absolute atomic E-state index is 12.3. The van der Waals surface area contributed by atoms with Crippen LogP contribution in [-0.2, 0) is 9.53 Å². The third kappa shape index (κ3) is 4.95. The number of ether oxygens (including phenoxy) is 1. The normalized spacial score (nSPS) is 14.1. The number of carbonyl (C=O) groups is 2. The van der Waals surface area contributed by atoms with E-state index in [1.54, 1.807) is 13.0 Å². The van der Waals surface area contributed by atoms with Gasteiger partial charge in [0.1, 0.15) is 11.2 Å². The lowest BCUT2D eigenvalue weighted by Crippen LogP contribution is -2.52. The number of nitrogens with one attached hydrogen (secondary N) is 2. The molecule has 2 aromatic rings. The molecule has 0 spiro atoms. The lowest BCUT2D eigenvalue weighted by molar-refractivity contribution is -0.130. The number of aromatic amines is 1. The number of amides is 1. The molecule has 1 amide bonds. The predicted molar refractivity (Wildman–Crippen MR) is 104 cm³/mol. The number of carbonyl (C=O) groups excluding carboxylic acids is 2. The first kappa shape index (κ1) is 20.6. The lowest BCUT2D eigenvalue weighted by Gasteiger charge is -2.28. The molecule has 0 saturated carbocycles. The zero-order valence-electron chi connectivity index (χ0n) is 15.5. The van der Waals surface area contributed by atoms with Crippen molar-refractivity contribution in [2.75, 3.05) is 0 Å². The largest absolute Gasteiger partial charge is 0.448 e. The summed E-state index contributed by atoms with van der Waals surface area (Å²) in [5, 5.41) is 18.6. The van der Waals surface area contributed by atoms with Crippen LogP contribution in [0.15, 0.2) is 34.8 Å². The van der Waals surface area contributed by atoms with E-state index in [0.717, 1.165) is 10.0 Å². The summed E-state index contributed by atoms with van der Waals surface area (Å²) in [5.74, 6) is -1.33. The number of esters is 1. The molecule has 0 aliphatic carbocycles. The number of halogens is 1. The third-order valence-corrected chi connectivity index (χ3v) is 4.89. The summed E-state index contributed by atoms with van der Waals surface area (Å²) >= 11 is 3.36. The molecule has 2 atom stereocenters. The van der Waals surface area contributed by atoms with Gasteiger partial charge in [-0.2, -0.15) is 10.4 Å². The molecule has 0 bridgehead atoms. The van der Waals surface area contributed by atoms with E-state index < -0.39 is 23.5 Å². The van der Waals surface area contributed by atoms with Gasteiger partial charge < -0.3 is 10.1 Å². The summed E-state index contributed by atoms with van der Waals surface area (Å²) in [6.07, 6.45) is -1.05. The summed E-state index contributed by atoms with van der Waals surface area (Å²) in [5.41, 5.74) is 0.518. The van der Waals surface area contributed by atoms with Crippen molar-refractivity contribution in [3.8, 4) is 17.3 Å². The second-order valence-corrected chi connectivity index (χ2v) is 7.60. The number of nitrogens with zero attached hydrogens (tertiary/aromatic N) is 2. The Bertz CT molecular complexity index is 870. The Kier molecular flexibility index (Phi) is 6.39. The van der Waals surface area contributed by atoms with Crippen molar-refractivity contribution < 1.29 is 14.3 Å². The third-order valence-electron chi connectivity index (χ3n) is 4.36. The molecule has 8 heteroatoms. The molecule has 0 fully saturated rings. The minimum absolute atomic E-state index is 0.101. The van der Waals surface area contributed by atoms with Crippen molar-refractivity contribution in [3.05, 3.63) is 40.5 Å². The predicted octanol–water partition coefficient (Wildman–Crippen LogP) is 3.44. The van der Waals surface area contributed by atoms with Gasteiger partial charge in [-0.15, -0.1) is 0 Å². The van der Waals surface area contributed by atoms with Gasteiger partial charge in [-0.05, 0) is 38.0 Å². The number of hydrogen-bond acceptors (Lipinski definition) is 5. The number of aromatic nitrogens is 2. The van der Waals surface area contributed by atoms with Gasteiger partial charge in [0.05, 0.1) is 11.8 Å².